The Morgan fingerprint density at radius 3 is 2.75 bits per heavy atom. The maximum atomic E-state index is 13.4. The van der Waals surface area contributed by atoms with Gasteiger partial charge in [-0.2, -0.15) is 0 Å². The lowest BCUT2D eigenvalue weighted by Gasteiger charge is -2.42. The molecule has 0 spiro atoms. The third kappa shape index (κ3) is 5.09. The van der Waals surface area contributed by atoms with E-state index in [1.165, 1.54) is 0 Å². The number of nitrogens with zero attached hydrogens (tertiary/aromatic N) is 4. The van der Waals surface area contributed by atoms with Crippen LogP contribution in [0.4, 0.5) is 4.79 Å². The summed E-state index contributed by atoms with van der Waals surface area (Å²) in [4.78, 5) is 78.5. The van der Waals surface area contributed by atoms with E-state index in [9.17, 15) is 28.8 Å². The molecule has 0 aliphatic carbocycles. The highest BCUT2D eigenvalue weighted by molar-refractivity contribution is 5.99. The molecule has 3 heterocycles. The number of carboxylic acids is 1. The lowest BCUT2D eigenvalue weighted by Crippen LogP contribution is -2.64. The molecule has 2 saturated heterocycles. The van der Waals surface area contributed by atoms with Crippen molar-refractivity contribution in [2.24, 2.45) is 0 Å². The van der Waals surface area contributed by atoms with Gasteiger partial charge in [-0.05, 0) is 37.1 Å². The predicted molar refractivity (Wildman–Crippen MR) is 123 cm³/mol. The predicted octanol–water partition coefficient (Wildman–Crippen LogP) is 0.0717. The number of carbonyl (C=O) groups excluding carboxylic acids is 5. The molecule has 36 heavy (non-hydrogen) atoms. The van der Waals surface area contributed by atoms with Gasteiger partial charge in [0.15, 0.2) is 0 Å². The molecule has 2 unspecified atom stereocenters. The average molecular weight is 496 g/mol. The maximum Gasteiger partial charge on any atom is 0.358 e. The minimum atomic E-state index is -1.29. The summed E-state index contributed by atoms with van der Waals surface area (Å²) in [5, 5.41) is 15.1. The first-order valence-electron chi connectivity index (χ1n) is 11.3. The largest absolute Gasteiger partial charge is 0.481 e. The van der Waals surface area contributed by atoms with Crippen LogP contribution in [-0.4, -0.2) is 86.3 Å². The second-order valence-corrected chi connectivity index (χ2v) is 8.40. The molecule has 13 heteroatoms. The number of urea groups is 1. The number of fused-ring (bicyclic) bond motifs is 2. The molecule has 2 aromatic rings. The Balaban J connectivity index is 1.54. The van der Waals surface area contributed by atoms with Crippen LogP contribution in [-0.2, 0) is 19.2 Å². The first-order chi connectivity index (χ1) is 17.3. The molecule has 0 saturated carbocycles. The van der Waals surface area contributed by atoms with Crippen molar-refractivity contribution >= 4 is 46.9 Å². The molecule has 2 atom stereocenters. The van der Waals surface area contributed by atoms with E-state index in [0.717, 1.165) is 20.4 Å². The number of pyridine rings is 1. The number of carboxylic acid groups (broad SMARTS) is 1. The summed E-state index contributed by atoms with van der Waals surface area (Å²) in [5.41, 5.74) is 3.48. The van der Waals surface area contributed by atoms with Crippen molar-refractivity contribution in [1.29, 1.82) is 0 Å². The van der Waals surface area contributed by atoms with Gasteiger partial charge in [0.25, 0.3) is 5.91 Å². The van der Waals surface area contributed by atoms with Crippen molar-refractivity contribution in [2.75, 3.05) is 13.1 Å². The van der Waals surface area contributed by atoms with Gasteiger partial charge in [-0.3, -0.25) is 29.6 Å². The molecule has 2 aliphatic heterocycles. The highest BCUT2D eigenvalue weighted by Gasteiger charge is 2.44. The number of benzene rings is 1. The molecule has 2 aliphatic rings. The van der Waals surface area contributed by atoms with E-state index in [4.69, 9.17) is 5.11 Å². The standard InChI is InChI=1S/C23H24N6O7/c30-13-16(12-20(32)33)25-22(35)18-4-2-9-28-19(31)7-10-27(23(36)29(18)28)26-21(34)15-5-6-17-14(11-15)3-1-8-24-17/h1,3,5-6,8,11,13,16,18H,2,4,7,9-10,12H2,(H,25,35)(H,26,34)(H,32,33). The number of aliphatic carboxylic acids is 1. The highest BCUT2D eigenvalue weighted by Crippen LogP contribution is 2.24. The number of hydrazine groups is 2. The van der Waals surface area contributed by atoms with Crippen molar-refractivity contribution in [1.82, 2.24) is 30.8 Å². The van der Waals surface area contributed by atoms with Crippen LogP contribution in [0.1, 0.15) is 36.0 Å². The zero-order valence-electron chi connectivity index (χ0n) is 19.1. The molecule has 0 bridgehead atoms. The third-order valence-corrected chi connectivity index (χ3v) is 5.96. The van der Waals surface area contributed by atoms with Gasteiger partial charge in [0, 0.05) is 30.1 Å². The second kappa shape index (κ2) is 10.4. The number of aldehydes is 1. The van der Waals surface area contributed by atoms with E-state index >= 15 is 0 Å². The summed E-state index contributed by atoms with van der Waals surface area (Å²) in [6, 6.07) is 5.12. The van der Waals surface area contributed by atoms with Crippen molar-refractivity contribution in [3.8, 4) is 0 Å². The van der Waals surface area contributed by atoms with Gasteiger partial charge in [-0.25, -0.2) is 19.8 Å². The Morgan fingerprint density at radius 2 is 2.00 bits per heavy atom. The molecular formula is C23H24N6O7. The summed E-state index contributed by atoms with van der Waals surface area (Å²) >= 11 is 0. The number of rotatable bonds is 7. The fourth-order valence-electron chi connectivity index (χ4n) is 4.22. The van der Waals surface area contributed by atoms with Crippen molar-refractivity contribution in [3.05, 3.63) is 42.1 Å². The van der Waals surface area contributed by atoms with Crippen LogP contribution in [0.3, 0.4) is 0 Å². The summed E-state index contributed by atoms with van der Waals surface area (Å²) in [6.45, 7) is 0.0793. The summed E-state index contributed by atoms with van der Waals surface area (Å²) < 4.78 is 0. The maximum absolute atomic E-state index is 13.4. The van der Waals surface area contributed by atoms with Gasteiger partial charge < -0.3 is 15.2 Å². The van der Waals surface area contributed by atoms with E-state index in [1.807, 2.05) is 0 Å². The van der Waals surface area contributed by atoms with E-state index in [1.54, 1.807) is 36.5 Å². The third-order valence-electron chi connectivity index (χ3n) is 5.96. The zero-order chi connectivity index (χ0) is 25.8. The van der Waals surface area contributed by atoms with Gasteiger partial charge in [-0.15, -0.1) is 0 Å². The minimum absolute atomic E-state index is 0.0888. The molecule has 1 aromatic carbocycles. The van der Waals surface area contributed by atoms with Gasteiger partial charge in [0.2, 0.25) is 11.8 Å². The van der Waals surface area contributed by atoms with E-state index in [2.05, 4.69) is 15.7 Å². The number of amides is 5. The number of nitrogens with one attached hydrogen (secondary N) is 2. The van der Waals surface area contributed by atoms with Crippen LogP contribution >= 0.6 is 0 Å². The molecule has 1 aromatic heterocycles. The highest BCUT2D eigenvalue weighted by atomic mass is 16.4. The van der Waals surface area contributed by atoms with E-state index in [-0.39, 0.29) is 31.5 Å². The number of aromatic nitrogens is 1. The van der Waals surface area contributed by atoms with Crippen LogP contribution in [0.5, 0.6) is 0 Å². The van der Waals surface area contributed by atoms with Crippen molar-refractivity contribution in [3.63, 3.8) is 0 Å². The van der Waals surface area contributed by atoms with Crippen LogP contribution < -0.4 is 10.7 Å². The monoisotopic (exact) mass is 496 g/mol. The van der Waals surface area contributed by atoms with Gasteiger partial charge in [-0.1, -0.05) is 6.07 Å². The summed E-state index contributed by atoms with van der Waals surface area (Å²) in [5.74, 6) is -3.05. The van der Waals surface area contributed by atoms with Crippen LogP contribution in [0.2, 0.25) is 0 Å². The number of carbonyl (C=O) groups is 6. The first kappa shape index (κ1) is 24.6. The molecule has 5 amide bonds. The van der Waals surface area contributed by atoms with Crippen LogP contribution in [0, 0.1) is 0 Å². The Hall–Kier alpha value is -4.55. The van der Waals surface area contributed by atoms with Crippen molar-refractivity contribution in [2.45, 2.75) is 37.8 Å². The smallest absolute Gasteiger partial charge is 0.358 e. The molecule has 2 fully saturated rings. The van der Waals surface area contributed by atoms with Crippen LogP contribution in [0.15, 0.2) is 36.5 Å². The number of hydrogen-bond donors (Lipinski definition) is 3. The second-order valence-electron chi connectivity index (χ2n) is 8.40. The molecule has 3 N–H and O–H groups in total. The number of hydrogen-bond acceptors (Lipinski definition) is 7. The van der Waals surface area contributed by atoms with E-state index in [0.29, 0.717) is 18.2 Å². The van der Waals surface area contributed by atoms with Crippen LogP contribution in [0.25, 0.3) is 10.9 Å². The minimum Gasteiger partial charge on any atom is -0.481 e. The fraction of sp³-hybridized carbons (Fsp3) is 0.348. The Kier molecular flexibility index (Phi) is 7.08. The van der Waals surface area contributed by atoms with E-state index < -0.39 is 48.2 Å². The topological polar surface area (TPSA) is 169 Å². The first-order valence-corrected chi connectivity index (χ1v) is 11.3. The quantitative estimate of drug-likeness (QED) is 0.452. The molecular weight excluding hydrogens is 472 g/mol. The Labute approximate surface area is 205 Å². The summed E-state index contributed by atoms with van der Waals surface area (Å²) in [6.07, 6.45) is 1.81. The average Bonchev–Trinajstić information content (AvgIpc) is 2.99. The van der Waals surface area contributed by atoms with Crippen molar-refractivity contribution < 1.29 is 33.9 Å². The fourth-order valence-corrected chi connectivity index (χ4v) is 4.22. The Bertz CT molecular complexity index is 1230. The zero-order valence-corrected chi connectivity index (χ0v) is 19.1. The normalized spacial score (nSPS) is 18.8. The molecule has 13 nitrogen and oxygen atoms in total. The molecule has 4 rings (SSSR count). The lowest BCUT2D eigenvalue weighted by molar-refractivity contribution is -0.155. The lowest BCUT2D eigenvalue weighted by atomic mass is 10.1. The van der Waals surface area contributed by atoms with Gasteiger partial charge in [0.05, 0.1) is 24.5 Å². The molecule has 0 radical (unpaired) electrons. The van der Waals surface area contributed by atoms with Gasteiger partial charge >= 0.3 is 12.0 Å². The van der Waals surface area contributed by atoms with Gasteiger partial charge in [0.1, 0.15) is 12.3 Å². The SMILES string of the molecule is O=CC(CC(=O)O)NC(=O)C1CCCN2C(=O)CCN(NC(=O)c3ccc4ncccc4c3)C(=O)N12. The summed E-state index contributed by atoms with van der Waals surface area (Å²) in [7, 11) is 0. The Morgan fingerprint density at radius 1 is 1.19 bits per heavy atom. The molecule has 188 valence electrons.